The first kappa shape index (κ1) is 11.0. The molecule has 1 atom stereocenters. The van der Waals surface area contributed by atoms with Gasteiger partial charge in [-0.15, -0.1) is 0 Å². The van der Waals surface area contributed by atoms with Crippen molar-refractivity contribution in [3.63, 3.8) is 0 Å². The van der Waals surface area contributed by atoms with Crippen LogP contribution in [0.5, 0.6) is 5.75 Å². The predicted octanol–water partition coefficient (Wildman–Crippen LogP) is 2.54. The standard InChI is InChI=1S/C13H16O3/c1-13(2,3)10-6-4-5-8-9(12(14)15)7-16-11(8)10/h4-6,9H,7H2,1-3H3,(H,14,15). The lowest BCUT2D eigenvalue weighted by molar-refractivity contribution is -0.138. The van der Waals surface area contributed by atoms with Gasteiger partial charge in [-0.25, -0.2) is 0 Å². The van der Waals surface area contributed by atoms with Crippen molar-refractivity contribution in [2.75, 3.05) is 6.61 Å². The van der Waals surface area contributed by atoms with Gasteiger partial charge >= 0.3 is 5.97 Å². The van der Waals surface area contributed by atoms with Gasteiger partial charge in [0.1, 0.15) is 18.3 Å². The molecule has 0 spiro atoms. The second-order valence-corrected chi connectivity index (χ2v) is 5.18. The van der Waals surface area contributed by atoms with Crippen LogP contribution in [0, 0.1) is 0 Å². The van der Waals surface area contributed by atoms with Crippen molar-refractivity contribution in [1.29, 1.82) is 0 Å². The van der Waals surface area contributed by atoms with Crippen molar-refractivity contribution < 1.29 is 14.6 Å². The topological polar surface area (TPSA) is 46.5 Å². The van der Waals surface area contributed by atoms with E-state index < -0.39 is 11.9 Å². The smallest absolute Gasteiger partial charge is 0.314 e. The number of hydrogen-bond donors (Lipinski definition) is 1. The molecule has 1 heterocycles. The third kappa shape index (κ3) is 1.66. The van der Waals surface area contributed by atoms with Gasteiger partial charge in [-0.1, -0.05) is 39.0 Å². The molecule has 2 rings (SSSR count). The molecule has 1 aromatic rings. The van der Waals surface area contributed by atoms with Crippen LogP contribution < -0.4 is 4.74 Å². The molecule has 0 aliphatic carbocycles. The van der Waals surface area contributed by atoms with Gasteiger partial charge in [-0.3, -0.25) is 4.79 Å². The van der Waals surface area contributed by atoms with Crippen LogP contribution in [-0.2, 0) is 10.2 Å². The van der Waals surface area contributed by atoms with Gasteiger partial charge in [0.05, 0.1) is 0 Å². The van der Waals surface area contributed by atoms with Crippen molar-refractivity contribution in [3.05, 3.63) is 29.3 Å². The number of fused-ring (bicyclic) bond motifs is 1. The largest absolute Gasteiger partial charge is 0.492 e. The number of ether oxygens (including phenoxy) is 1. The van der Waals surface area contributed by atoms with Gasteiger partial charge in [-0.05, 0) is 11.0 Å². The van der Waals surface area contributed by atoms with Gasteiger partial charge in [0, 0.05) is 5.56 Å². The first-order chi connectivity index (χ1) is 7.41. The Bertz CT molecular complexity index is 429. The Balaban J connectivity index is 2.52. The number of benzene rings is 1. The Labute approximate surface area is 95.0 Å². The third-order valence-electron chi connectivity index (χ3n) is 2.92. The van der Waals surface area contributed by atoms with Crippen molar-refractivity contribution in [3.8, 4) is 5.75 Å². The van der Waals surface area contributed by atoms with Gasteiger partial charge < -0.3 is 9.84 Å². The second-order valence-electron chi connectivity index (χ2n) is 5.18. The number of aliphatic carboxylic acids is 1. The van der Waals surface area contributed by atoms with Crippen molar-refractivity contribution in [2.45, 2.75) is 32.1 Å². The van der Waals surface area contributed by atoms with Crippen LogP contribution >= 0.6 is 0 Å². The third-order valence-corrected chi connectivity index (χ3v) is 2.92. The lowest BCUT2D eigenvalue weighted by Crippen LogP contribution is -2.12. The first-order valence-electron chi connectivity index (χ1n) is 5.40. The molecule has 1 aliphatic heterocycles. The molecule has 0 bridgehead atoms. The molecule has 1 aliphatic rings. The molecule has 16 heavy (non-hydrogen) atoms. The molecule has 0 aromatic heterocycles. The molecule has 86 valence electrons. The fourth-order valence-electron chi connectivity index (χ4n) is 2.04. The van der Waals surface area contributed by atoms with Crippen LogP contribution in [-0.4, -0.2) is 17.7 Å². The van der Waals surface area contributed by atoms with E-state index in [1.165, 1.54) is 0 Å². The lowest BCUT2D eigenvalue weighted by atomic mass is 9.84. The van der Waals surface area contributed by atoms with Crippen LogP contribution in [0.25, 0.3) is 0 Å². The van der Waals surface area contributed by atoms with E-state index in [0.29, 0.717) is 0 Å². The van der Waals surface area contributed by atoms with Crippen LogP contribution in [0.2, 0.25) is 0 Å². The van der Waals surface area contributed by atoms with Crippen LogP contribution in [0.3, 0.4) is 0 Å². The fourth-order valence-corrected chi connectivity index (χ4v) is 2.04. The maximum Gasteiger partial charge on any atom is 0.314 e. The summed E-state index contributed by atoms with van der Waals surface area (Å²) in [6.07, 6.45) is 0. The summed E-state index contributed by atoms with van der Waals surface area (Å²) >= 11 is 0. The zero-order valence-electron chi connectivity index (χ0n) is 9.78. The highest BCUT2D eigenvalue weighted by molar-refractivity contribution is 5.79. The number of carboxylic acid groups (broad SMARTS) is 1. The molecule has 1 aromatic carbocycles. The van der Waals surface area contributed by atoms with E-state index in [1.54, 1.807) is 0 Å². The molecular formula is C13H16O3. The molecule has 0 saturated heterocycles. The SMILES string of the molecule is CC(C)(C)c1cccc2c1OCC2C(=O)O. The number of rotatable bonds is 1. The first-order valence-corrected chi connectivity index (χ1v) is 5.40. The molecule has 0 fully saturated rings. The highest BCUT2D eigenvalue weighted by Gasteiger charge is 2.33. The minimum absolute atomic E-state index is 0.0290. The summed E-state index contributed by atoms with van der Waals surface area (Å²) in [5, 5.41) is 9.07. The van der Waals surface area contributed by atoms with E-state index in [1.807, 2.05) is 18.2 Å². The molecule has 1 unspecified atom stereocenters. The summed E-state index contributed by atoms with van der Waals surface area (Å²) in [7, 11) is 0. The maximum absolute atomic E-state index is 11.0. The Kier molecular flexibility index (Phi) is 2.41. The fraction of sp³-hybridized carbons (Fsp3) is 0.462. The number of hydrogen-bond acceptors (Lipinski definition) is 2. The highest BCUT2D eigenvalue weighted by Crippen LogP contribution is 2.41. The van der Waals surface area contributed by atoms with Crippen LogP contribution in [0.4, 0.5) is 0 Å². The molecule has 0 amide bonds. The lowest BCUT2D eigenvalue weighted by Gasteiger charge is -2.21. The van der Waals surface area contributed by atoms with Crippen LogP contribution in [0.15, 0.2) is 18.2 Å². The minimum atomic E-state index is -0.815. The normalized spacial score (nSPS) is 19.1. The Hall–Kier alpha value is -1.51. The van der Waals surface area contributed by atoms with Crippen LogP contribution in [0.1, 0.15) is 37.8 Å². The molecule has 3 nitrogen and oxygen atoms in total. The van der Waals surface area contributed by atoms with E-state index in [2.05, 4.69) is 20.8 Å². The zero-order valence-corrected chi connectivity index (χ0v) is 9.78. The van der Waals surface area contributed by atoms with E-state index in [-0.39, 0.29) is 12.0 Å². The molecule has 0 saturated carbocycles. The summed E-state index contributed by atoms with van der Waals surface area (Å²) in [6.45, 7) is 6.54. The zero-order chi connectivity index (χ0) is 11.9. The van der Waals surface area contributed by atoms with Gasteiger partial charge in [0.25, 0.3) is 0 Å². The average Bonchev–Trinajstić information content (AvgIpc) is 2.58. The minimum Gasteiger partial charge on any atom is -0.492 e. The number of carbonyl (C=O) groups is 1. The molecule has 1 N–H and O–H groups in total. The van der Waals surface area contributed by atoms with E-state index >= 15 is 0 Å². The average molecular weight is 220 g/mol. The summed E-state index contributed by atoms with van der Waals surface area (Å²) in [4.78, 5) is 11.0. The predicted molar refractivity (Wildman–Crippen MR) is 61.0 cm³/mol. The Morgan fingerprint density at radius 2 is 2.12 bits per heavy atom. The quantitative estimate of drug-likeness (QED) is 0.791. The van der Waals surface area contributed by atoms with E-state index in [0.717, 1.165) is 16.9 Å². The van der Waals surface area contributed by atoms with Gasteiger partial charge in [-0.2, -0.15) is 0 Å². The number of para-hydroxylation sites is 1. The second kappa shape index (κ2) is 3.51. The number of carboxylic acids is 1. The van der Waals surface area contributed by atoms with Crippen molar-refractivity contribution in [1.82, 2.24) is 0 Å². The molecule has 3 heteroatoms. The summed E-state index contributed by atoms with van der Waals surface area (Å²) in [5.41, 5.74) is 1.85. The van der Waals surface area contributed by atoms with Crippen molar-refractivity contribution in [2.24, 2.45) is 0 Å². The van der Waals surface area contributed by atoms with E-state index in [4.69, 9.17) is 9.84 Å². The summed E-state index contributed by atoms with van der Waals surface area (Å²) < 4.78 is 5.55. The highest BCUT2D eigenvalue weighted by atomic mass is 16.5. The summed E-state index contributed by atoms with van der Waals surface area (Å²) in [5.74, 6) is -0.565. The Morgan fingerprint density at radius 3 is 2.69 bits per heavy atom. The Morgan fingerprint density at radius 1 is 1.44 bits per heavy atom. The molecule has 0 radical (unpaired) electrons. The van der Waals surface area contributed by atoms with Gasteiger partial charge in [0.15, 0.2) is 0 Å². The van der Waals surface area contributed by atoms with Crippen molar-refractivity contribution >= 4 is 5.97 Å². The summed E-state index contributed by atoms with van der Waals surface area (Å²) in [6, 6.07) is 5.75. The maximum atomic E-state index is 11.0. The van der Waals surface area contributed by atoms with E-state index in [9.17, 15) is 4.79 Å². The van der Waals surface area contributed by atoms with Gasteiger partial charge in [0.2, 0.25) is 0 Å². The molecular weight excluding hydrogens is 204 g/mol. The monoisotopic (exact) mass is 220 g/mol.